The predicted molar refractivity (Wildman–Crippen MR) is 125 cm³/mol. The highest BCUT2D eigenvalue weighted by molar-refractivity contribution is 6.00. The van der Waals surface area contributed by atoms with E-state index in [0.29, 0.717) is 6.42 Å². The second-order valence-corrected chi connectivity index (χ2v) is 8.37. The quantitative estimate of drug-likeness (QED) is 0.359. The molecule has 3 N–H and O–H groups in total. The average Bonchev–Trinajstić information content (AvgIpc) is 3.37. The molecule has 162 valence electrons. The molecule has 0 bridgehead atoms. The van der Waals surface area contributed by atoms with Crippen molar-refractivity contribution in [2.75, 3.05) is 7.11 Å². The Morgan fingerprint density at radius 1 is 1.23 bits per heavy atom. The number of carbonyl (C=O) groups excluding carboxylic acids is 1. The molecule has 6 nitrogen and oxygen atoms in total. The number of benzene rings is 1. The summed E-state index contributed by atoms with van der Waals surface area (Å²) in [6, 6.07) is 12.0. The maximum atomic E-state index is 12.7. The summed E-state index contributed by atoms with van der Waals surface area (Å²) in [4.78, 5) is 20.5. The van der Waals surface area contributed by atoms with Crippen LogP contribution in [0.5, 0.6) is 5.75 Å². The third-order valence-electron chi connectivity index (χ3n) is 6.27. The summed E-state index contributed by atoms with van der Waals surface area (Å²) in [5.41, 5.74) is 8.89. The van der Waals surface area contributed by atoms with Crippen molar-refractivity contribution in [1.29, 1.82) is 0 Å². The number of pyridine rings is 1. The SMILES string of the molecule is CCCCCCC(C)(C(N)=O)n1cc(-c2cc3cccnc3[nH]2)c2cc(OC)ccc21. The zero-order chi connectivity index (χ0) is 22.0. The molecule has 1 aromatic carbocycles. The van der Waals surface area contributed by atoms with Crippen LogP contribution in [-0.2, 0) is 10.3 Å². The number of primary amides is 1. The number of nitrogens with one attached hydrogen (secondary N) is 1. The van der Waals surface area contributed by atoms with Gasteiger partial charge in [0, 0.05) is 39.9 Å². The number of aromatic nitrogens is 3. The van der Waals surface area contributed by atoms with Crippen LogP contribution in [0, 0.1) is 0 Å². The molecular formula is C25H30N4O2. The summed E-state index contributed by atoms with van der Waals surface area (Å²) in [5, 5.41) is 2.05. The van der Waals surface area contributed by atoms with Crippen molar-refractivity contribution >= 4 is 27.8 Å². The monoisotopic (exact) mass is 418 g/mol. The standard InChI is InChI=1S/C25H30N4O2/c1-4-5-6-7-12-25(2,24(26)30)29-16-20(19-15-18(31-3)10-11-22(19)29)21-14-17-9-8-13-27-23(17)28-21/h8-11,13-16H,4-7,12H2,1-3H3,(H2,26,30)(H,27,28). The minimum Gasteiger partial charge on any atom is -0.497 e. The van der Waals surface area contributed by atoms with E-state index >= 15 is 0 Å². The number of ether oxygens (including phenoxy) is 1. The number of fused-ring (bicyclic) bond motifs is 2. The summed E-state index contributed by atoms with van der Waals surface area (Å²) in [6.07, 6.45) is 8.87. The molecular weight excluding hydrogens is 388 g/mol. The van der Waals surface area contributed by atoms with Gasteiger partial charge in [0.05, 0.1) is 7.11 Å². The molecule has 0 radical (unpaired) electrons. The largest absolute Gasteiger partial charge is 0.497 e. The minimum atomic E-state index is -0.816. The molecule has 1 unspecified atom stereocenters. The van der Waals surface area contributed by atoms with E-state index in [0.717, 1.165) is 64.6 Å². The first-order valence-electron chi connectivity index (χ1n) is 10.9. The van der Waals surface area contributed by atoms with Gasteiger partial charge in [-0.1, -0.05) is 32.6 Å². The van der Waals surface area contributed by atoms with Gasteiger partial charge in [-0.2, -0.15) is 0 Å². The maximum Gasteiger partial charge on any atom is 0.243 e. The van der Waals surface area contributed by atoms with Crippen molar-refractivity contribution in [3.8, 4) is 17.0 Å². The van der Waals surface area contributed by atoms with Crippen LogP contribution in [0.2, 0.25) is 0 Å². The van der Waals surface area contributed by atoms with Gasteiger partial charge in [0.15, 0.2) is 0 Å². The number of rotatable bonds is 9. The minimum absolute atomic E-state index is 0.318. The Labute approximate surface area is 182 Å². The molecule has 0 saturated heterocycles. The molecule has 0 aliphatic heterocycles. The van der Waals surface area contributed by atoms with Crippen LogP contribution < -0.4 is 10.5 Å². The van der Waals surface area contributed by atoms with Crippen LogP contribution in [0.1, 0.15) is 46.0 Å². The number of carbonyl (C=O) groups is 1. The average molecular weight is 419 g/mol. The van der Waals surface area contributed by atoms with Gasteiger partial charge >= 0.3 is 0 Å². The fourth-order valence-electron chi connectivity index (χ4n) is 4.32. The Hall–Kier alpha value is -3.28. The highest BCUT2D eigenvalue weighted by Gasteiger charge is 2.34. The van der Waals surface area contributed by atoms with Gasteiger partial charge in [-0.25, -0.2) is 4.98 Å². The molecule has 0 saturated carbocycles. The van der Waals surface area contributed by atoms with Crippen molar-refractivity contribution in [2.45, 2.75) is 51.5 Å². The highest BCUT2D eigenvalue weighted by Crippen LogP contribution is 2.38. The Morgan fingerprint density at radius 2 is 2.06 bits per heavy atom. The molecule has 1 atom stereocenters. The van der Waals surface area contributed by atoms with Gasteiger partial charge in [0.2, 0.25) is 5.91 Å². The number of H-pyrrole nitrogens is 1. The molecule has 4 rings (SSSR count). The van der Waals surface area contributed by atoms with Crippen molar-refractivity contribution in [3.05, 3.63) is 48.8 Å². The number of hydrogen-bond donors (Lipinski definition) is 2. The Morgan fingerprint density at radius 3 is 2.77 bits per heavy atom. The topological polar surface area (TPSA) is 85.9 Å². The molecule has 3 aromatic heterocycles. The predicted octanol–water partition coefficient (Wildman–Crippen LogP) is 5.36. The third-order valence-corrected chi connectivity index (χ3v) is 6.27. The number of hydrogen-bond acceptors (Lipinski definition) is 3. The number of aromatic amines is 1. The van der Waals surface area contributed by atoms with Crippen LogP contribution >= 0.6 is 0 Å². The lowest BCUT2D eigenvalue weighted by Gasteiger charge is -2.29. The van der Waals surface area contributed by atoms with Crippen molar-refractivity contribution in [2.24, 2.45) is 5.73 Å². The lowest BCUT2D eigenvalue weighted by atomic mass is 9.92. The smallest absolute Gasteiger partial charge is 0.243 e. The second kappa shape index (κ2) is 8.46. The summed E-state index contributed by atoms with van der Waals surface area (Å²) >= 11 is 0. The van der Waals surface area contributed by atoms with Crippen LogP contribution in [0.3, 0.4) is 0 Å². The zero-order valence-electron chi connectivity index (χ0n) is 18.4. The highest BCUT2D eigenvalue weighted by atomic mass is 16.5. The van der Waals surface area contributed by atoms with Gasteiger partial charge < -0.3 is 20.0 Å². The Bertz CT molecular complexity index is 1190. The van der Waals surface area contributed by atoms with Crippen molar-refractivity contribution in [1.82, 2.24) is 14.5 Å². The first-order valence-corrected chi connectivity index (χ1v) is 10.9. The summed E-state index contributed by atoms with van der Waals surface area (Å²) < 4.78 is 7.53. The molecule has 6 heteroatoms. The zero-order valence-corrected chi connectivity index (χ0v) is 18.4. The molecule has 0 aliphatic rings. The first kappa shape index (κ1) is 21.0. The number of unbranched alkanes of at least 4 members (excludes halogenated alkanes) is 3. The van der Waals surface area contributed by atoms with Crippen LogP contribution in [0.4, 0.5) is 0 Å². The van der Waals surface area contributed by atoms with Gasteiger partial charge in [0.25, 0.3) is 0 Å². The van der Waals surface area contributed by atoms with Gasteiger partial charge in [0.1, 0.15) is 16.9 Å². The molecule has 3 heterocycles. The van der Waals surface area contributed by atoms with E-state index in [-0.39, 0.29) is 5.91 Å². The lowest BCUT2D eigenvalue weighted by Crippen LogP contribution is -2.43. The van der Waals surface area contributed by atoms with Crippen molar-refractivity contribution in [3.63, 3.8) is 0 Å². The lowest BCUT2D eigenvalue weighted by molar-refractivity contribution is -0.126. The number of nitrogens with two attached hydrogens (primary N) is 1. The number of methoxy groups -OCH3 is 1. The van der Waals surface area contributed by atoms with E-state index < -0.39 is 5.54 Å². The van der Waals surface area contributed by atoms with E-state index in [1.165, 1.54) is 0 Å². The Kier molecular flexibility index (Phi) is 5.72. The molecule has 0 spiro atoms. The molecule has 0 fully saturated rings. The van der Waals surface area contributed by atoms with E-state index in [1.54, 1.807) is 13.3 Å². The normalized spacial score (nSPS) is 13.5. The fourth-order valence-corrected chi connectivity index (χ4v) is 4.32. The van der Waals surface area contributed by atoms with Gasteiger partial charge in [-0.15, -0.1) is 0 Å². The van der Waals surface area contributed by atoms with Gasteiger partial charge in [-0.3, -0.25) is 4.79 Å². The Balaban J connectivity index is 1.88. The number of nitrogens with zero attached hydrogens (tertiary/aromatic N) is 2. The molecule has 1 amide bonds. The van der Waals surface area contributed by atoms with E-state index in [4.69, 9.17) is 10.5 Å². The molecule has 4 aromatic rings. The van der Waals surface area contributed by atoms with E-state index in [1.807, 2.05) is 48.0 Å². The van der Waals surface area contributed by atoms with Crippen LogP contribution in [0.25, 0.3) is 33.2 Å². The van der Waals surface area contributed by atoms with Crippen LogP contribution in [-0.4, -0.2) is 27.6 Å². The maximum absolute atomic E-state index is 12.7. The fraction of sp³-hybridized carbons (Fsp3) is 0.360. The summed E-state index contributed by atoms with van der Waals surface area (Å²) in [7, 11) is 1.66. The third kappa shape index (κ3) is 3.78. The molecule has 0 aliphatic carbocycles. The summed E-state index contributed by atoms with van der Waals surface area (Å²) in [5.74, 6) is 0.450. The molecule has 31 heavy (non-hydrogen) atoms. The first-order chi connectivity index (χ1) is 15.0. The van der Waals surface area contributed by atoms with Crippen molar-refractivity contribution < 1.29 is 9.53 Å². The number of amides is 1. The van der Waals surface area contributed by atoms with E-state index in [2.05, 4.69) is 23.0 Å². The second-order valence-electron chi connectivity index (χ2n) is 8.37. The summed E-state index contributed by atoms with van der Waals surface area (Å²) in [6.45, 7) is 4.13. The van der Waals surface area contributed by atoms with E-state index in [9.17, 15) is 4.79 Å². The van der Waals surface area contributed by atoms with Gasteiger partial charge in [-0.05, 0) is 49.7 Å². The van der Waals surface area contributed by atoms with Crippen LogP contribution in [0.15, 0.2) is 48.8 Å².